The van der Waals surface area contributed by atoms with Crippen LogP contribution in [-0.4, -0.2) is 21.8 Å². The number of pyridine rings is 1. The first-order valence-electron chi connectivity index (χ1n) is 8.90. The molecule has 0 aliphatic heterocycles. The molecule has 0 bridgehead atoms. The lowest BCUT2D eigenvalue weighted by molar-refractivity contribution is 0.316. The number of hydrogen-bond acceptors (Lipinski definition) is 4. The van der Waals surface area contributed by atoms with Gasteiger partial charge in [0.05, 0.1) is 23.4 Å². The zero-order valence-corrected chi connectivity index (χ0v) is 15.3. The van der Waals surface area contributed by atoms with Gasteiger partial charge in [0.2, 0.25) is 0 Å². The molecule has 5 nitrogen and oxygen atoms in total. The maximum absolute atomic E-state index is 9.60. The maximum Gasteiger partial charge on any atom is 0.155 e. The number of nitriles is 1. The topological polar surface area (TPSA) is 74.6 Å². The number of halogens is 1. The van der Waals surface area contributed by atoms with E-state index in [0.717, 1.165) is 53.4 Å². The number of H-pyrrole nitrogens is 1. The van der Waals surface area contributed by atoms with Crippen LogP contribution in [0.15, 0.2) is 24.5 Å². The van der Waals surface area contributed by atoms with Gasteiger partial charge < -0.3 is 4.74 Å². The SMILES string of the molecule is CCCOc1c(C#N)cc2c(c1Cl)CCCC2c1cnc2[nH]ncc2c1. The molecular formula is C20H19ClN4O. The Morgan fingerprint density at radius 2 is 2.27 bits per heavy atom. The van der Waals surface area contributed by atoms with E-state index in [9.17, 15) is 5.26 Å². The number of rotatable bonds is 4. The Hall–Kier alpha value is -2.58. The molecule has 0 saturated carbocycles. The van der Waals surface area contributed by atoms with Crippen LogP contribution >= 0.6 is 11.6 Å². The Kier molecular flexibility index (Phi) is 4.52. The van der Waals surface area contributed by atoms with Crippen molar-refractivity contribution in [3.8, 4) is 11.8 Å². The molecular weight excluding hydrogens is 348 g/mol. The fourth-order valence-electron chi connectivity index (χ4n) is 3.71. The fourth-order valence-corrected chi connectivity index (χ4v) is 4.07. The molecule has 1 aromatic carbocycles. The average Bonchev–Trinajstić information content (AvgIpc) is 3.14. The van der Waals surface area contributed by atoms with E-state index < -0.39 is 0 Å². The van der Waals surface area contributed by atoms with E-state index in [-0.39, 0.29) is 5.92 Å². The van der Waals surface area contributed by atoms with Crippen LogP contribution < -0.4 is 4.74 Å². The standard InChI is InChI=1S/C20H19ClN4O/c1-2-6-26-19-12(9-22)8-17-15(4-3-5-16(17)18(19)21)13-7-14-11-24-25-20(14)23-10-13/h7-8,10-11,15H,2-6H2,1H3,(H,23,24,25). The summed E-state index contributed by atoms with van der Waals surface area (Å²) in [5, 5.41) is 18.1. The number of nitrogens with one attached hydrogen (secondary N) is 1. The highest BCUT2D eigenvalue weighted by molar-refractivity contribution is 6.33. The van der Waals surface area contributed by atoms with Crippen LogP contribution in [0.25, 0.3) is 11.0 Å². The van der Waals surface area contributed by atoms with Crippen LogP contribution in [0, 0.1) is 11.3 Å². The summed E-state index contributed by atoms with van der Waals surface area (Å²) in [5.74, 6) is 0.703. The molecule has 132 valence electrons. The highest BCUT2D eigenvalue weighted by Crippen LogP contribution is 2.44. The van der Waals surface area contributed by atoms with Gasteiger partial charge in [-0.2, -0.15) is 10.4 Å². The van der Waals surface area contributed by atoms with E-state index in [1.54, 1.807) is 6.20 Å². The molecule has 2 aromatic heterocycles. The molecule has 26 heavy (non-hydrogen) atoms. The van der Waals surface area contributed by atoms with Gasteiger partial charge in [-0.05, 0) is 54.5 Å². The lowest BCUT2D eigenvalue weighted by Crippen LogP contribution is -2.13. The van der Waals surface area contributed by atoms with Crippen molar-refractivity contribution in [3.05, 3.63) is 51.8 Å². The smallest absolute Gasteiger partial charge is 0.155 e. The average molecular weight is 367 g/mol. The molecule has 1 N–H and O–H groups in total. The second-order valence-corrected chi connectivity index (χ2v) is 6.99. The third-order valence-electron chi connectivity index (χ3n) is 4.94. The number of benzene rings is 1. The molecule has 4 rings (SSSR count). The Labute approximate surface area is 157 Å². The van der Waals surface area contributed by atoms with Crippen LogP contribution in [0.4, 0.5) is 0 Å². The third kappa shape index (κ3) is 2.81. The summed E-state index contributed by atoms with van der Waals surface area (Å²) in [4.78, 5) is 4.47. The minimum Gasteiger partial charge on any atom is -0.491 e. The molecule has 1 unspecified atom stereocenters. The van der Waals surface area contributed by atoms with Gasteiger partial charge in [0.15, 0.2) is 11.4 Å². The Morgan fingerprint density at radius 3 is 3.08 bits per heavy atom. The minimum absolute atomic E-state index is 0.176. The number of nitrogens with zero attached hydrogens (tertiary/aromatic N) is 3. The zero-order valence-electron chi connectivity index (χ0n) is 14.6. The van der Waals surface area contributed by atoms with Gasteiger partial charge in [-0.25, -0.2) is 4.98 Å². The molecule has 0 saturated heterocycles. The molecule has 6 heteroatoms. The predicted octanol–water partition coefficient (Wildman–Crippen LogP) is 4.74. The lowest BCUT2D eigenvalue weighted by Gasteiger charge is -2.28. The van der Waals surface area contributed by atoms with Gasteiger partial charge in [-0.1, -0.05) is 18.5 Å². The first-order chi connectivity index (χ1) is 12.7. The molecule has 1 aliphatic carbocycles. The van der Waals surface area contributed by atoms with E-state index in [1.807, 2.05) is 19.2 Å². The zero-order chi connectivity index (χ0) is 18.1. The van der Waals surface area contributed by atoms with Gasteiger partial charge in [0.25, 0.3) is 0 Å². The van der Waals surface area contributed by atoms with Gasteiger partial charge >= 0.3 is 0 Å². The third-order valence-corrected chi connectivity index (χ3v) is 5.34. The van der Waals surface area contributed by atoms with Crippen molar-refractivity contribution >= 4 is 22.6 Å². The molecule has 0 amide bonds. The van der Waals surface area contributed by atoms with Crippen molar-refractivity contribution in [2.24, 2.45) is 0 Å². The van der Waals surface area contributed by atoms with Gasteiger partial charge in [-0.15, -0.1) is 0 Å². The number of fused-ring (bicyclic) bond motifs is 2. The molecule has 1 aliphatic rings. The van der Waals surface area contributed by atoms with Crippen molar-refractivity contribution < 1.29 is 4.74 Å². The van der Waals surface area contributed by atoms with Crippen LogP contribution in [0.3, 0.4) is 0 Å². The summed E-state index contributed by atoms with van der Waals surface area (Å²) in [6, 6.07) is 6.32. The van der Waals surface area contributed by atoms with Crippen molar-refractivity contribution in [1.82, 2.24) is 15.2 Å². The van der Waals surface area contributed by atoms with E-state index in [1.165, 1.54) is 0 Å². The lowest BCUT2D eigenvalue weighted by atomic mass is 9.78. The maximum atomic E-state index is 9.60. The number of aromatic amines is 1. The van der Waals surface area contributed by atoms with Crippen LogP contribution in [0.2, 0.25) is 5.02 Å². The first-order valence-corrected chi connectivity index (χ1v) is 9.28. The van der Waals surface area contributed by atoms with Crippen molar-refractivity contribution in [2.45, 2.75) is 38.5 Å². The summed E-state index contributed by atoms with van der Waals surface area (Å²) < 4.78 is 5.78. The summed E-state index contributed by atoms with van der Waals surface area (Å²) in [5.41, 5.74) is 4.63. The normalized spacial score (nSPS) is 16.3. The highest BCUT2D eigenvalue weighted by atomic mass is 35.5. The number of aromatic nitrogens is 3. The second kappa shape index (κ2) is 6.97. The number of hydrogen-bond donors (Lipinski definition) is 1. The summed E-state index contributed by atoms with van der Waals surface area (Å²) in [7, 11) is 0. The van der Waals surface area contributed by atoms with Gasteiger partial charge in [0.1, 0.15) is 6.07 Å². The Balaban J connectivity index is 1.82. The first kappa shape index (κ1) is 16.9. The molecule has 2 heterocycles. The van der Waals surface area contributed by atoms with E-state index in [2.05, 4.69) is 27.3 Å². The van der Waals surface area contributed by atoms with Crippen LogP contribution in [0.1, 0.15) is 54.4 Å². The summed E-state index contributed by atoms with van der Waals surface area (Å²) >= 11 is 6.67. The van der Waals surface area contributed by atoms with E-state index in [0.29, 0.717) is 22.9 Å². The van der Waals surface area contributed by atoms with Crippen LogP contribution in [-0.2, 0) is 6.42 Å². The largest absolute Gasteiger partial charge is 0.491 e. The molecule has 1 atom stereocenters. The molecule has 0 radical (unpaired) electrons. The molecule has 0 spiro atoms. The quantitative estimate of drug-likeness (QED) is 0.723. The van der Waals surface area contributed by atoms with E-state index >= 15 is 0 Å². The Bertz CT molecular complexity index is 1000. The molecule has 3 aromatic rings. The monoisotopic (exact) mass is 366 g/mol. The Morgan fingerprint density at radius 1 is 1.38 bits per heavy atom. The molecule has 0 fully saturated rings. The van der Waals surface area contributed by atoms with Crippen molar-refractivity contribution in [2.75, 3.05) is 6.61 Å². The minimum atomic E-state index is 0.176. The van der Waals surface area contributed by atoms with Gasteiger partial charge in [0, 0.05) is 17.5 Å². The van der Waals surface area contributed by atoms with Crippen molar-refractivity contribution in [1.29, 1.82) is 5.26 Å². The predicted molar refractivity (Wildman–Crippen MR) is 101 cm³/mol. The van der Waals surface area contributed by atoms with Crippen molar-refractivity contribution in [3.63, 3.8) is 0 Å². The van der Waals surface area contributed by atoms with Crippen LogP contribution in [0.5, 0.6) is 5.75 Å². The summed E-state index contributed by atoms with van der Waals surface area (Å²) in [6.45, 7) is 2.59. The van der Waals surface area contributed by atoms with E-state index in [4.69, 9.17) is 16.3 Å². The summed E-state index contributed by atoms with van der Waals surface area (Å²) in [6.07, 6.45) is 7.50. The highest BCUT2D eigenvalue weighted by Gasteiger charge is 2.28. The fraction of sp³-hybridized carbons (Fsp3) is 0.350. The van der Waals surface area contributed by atoms with Gasteiger partial charge in [-0.3, -0.25) is 5.10 Å². The second-order valence-electron chi connectivity index (χ2n) is 6.62. The number of ether oxygens (including phenoxy) is 1.